The summed E-state index contributed by atoms with van der Waals surface area (Å²) in [6, 6.07) is 10.5. The Balaban J connectivity index is 1.50. The molecule has 0 N–H and O–H groups in total. The normalized spacial score (nSPS) is 22.6. The molecule has 1 atom stereocenters. The van der Waals surface area contributed by atoms with Crippen molar-refractivity contribution < 1.29 is 8.42 Å². The summed E-state index contributed by atoms with van der Waals surface area (Å²) in [6.45, 7) is 5.34. The average Bonchev–Trinajstić information content (AvgIpc) is 3.38. The zero-order valence-electron chi connectivity index (χ0n) is 13.3. The molecule has 22 heavy (non-hydrogen) atoms. The standard InChI is InChI=1S/C17H26N2O2S/c1-15(17-7-8-17)18-10-12-19(13-11-18)22(20,21)14-9-16-5-3-2-4-6-16/h2-6,15,17H,7-14H2,1H3. The first-order chi connectivity index (χ1) is 10.6. The molecule has 3 rings (SSSR count). The van der Waals surface area contributed by atoms with Gasteiger partial charge < -0.3 is 0 Å². The summed E-state index contributed by atoms with van der Waals surface area (Å²) in [7, 11) is -3.13. The van der Waals surface area contributed by atoms with Crippen LogP contribution in [0.15, 0.2) is 30.3 Å². The molecule has 2 aliphatic rings. The second-order valence-electron chi connectivity index (χ2n) is 6.56. The molecule has 1 aromatic carbocycles. The van der Waals surface area contributed by atoms with Gasteiger partial charge in [-0.25, -0.2) is 8.42 Å². The fraction of sp³-hybridized carbons (Fsp3) is 0.647. The van der Waals surface area contributed by atoms with Gasteiger partial charge in [-0.05, 0) is 37.7 Å². The lowest BCUT2D eigenvalue weighted by atomic mass is 10.1. The predicted octanol–water partition coefficient (Wildman–Crippen LogP) is 1.98. The van der Waals surface area contributed by atoms with Gasteiger partial charge in [-0.1, -0.05) is 30.3 Å². The van der Waals surface area contributed by atoms with Crippen molar-refractivity contribution in [3.63, 3.8) is 0 Å². The fourth-order valence-corrected chi connectivity index (χ4v) is 4.76. The van der Waals surface area contributed by atoms with Gasteiger partial charge in [0.25, 0.3) is 0 Å². The summed E-state index contributed by atoms with van der Waals surface area (Å²) in [5.74, 6) is 1.07. The average molecular weight is 322 g/mol. The SMILES string of the molecule is CC(C1CC1)N1CCN(S(=O)(=O)CCc2ccccc2)CC1. The predicted molar refractivity (Wildman–Crippen MR) is 89.3 cm³/mol. The third-order valence-electron chi connectivity index (χ3n) is 5.04. The van der Waals surface area contributed by atoms with E-state index in [-0.39, 0.29) is 5.75 Å². The number of sulfonamides is 1. The second kappa shape index (κ2) is 6.69. The highest BCUT2D eigenvalue weighted by Gasteiger charge is 2.35. The van der Waals surface area contributed by atoms with Crippen LogP contribution < -0.4 is 0 Å². The monoisotopic (exact) mass is 322 g/mol. The molecule has 4 nitrogen and oxygen atoms in total. The van der Waals surface area contributed by atoms with Crippen molar-refractivity contribution >= 4 is 10.0 Å². The van der Waals surface area contributed by atoms with E-state index in [1.807, 2.05) is 30.3 Å². The first-order valence-corrected chi connectivity index (χ1v) is 9.93. The van der Waals surface area contributed by atoms with E-state index in [9.17, 15) is 8.42 Å². The van der Waals surface area contributed by atoms with Gasteiger partial charge in [0.05, 0.1) is 5.75 Å². The van der Waals surface area contributed by atoms with Crippen molar-refractivity contribution in [3.05, 3.63) is 35.9 Å². The molecule has 1 unspecified atom stereocenters. The van der Waals surface area contributed by atoms with E-state index in [1.165, 1.54) is 12.8 Å². The number of hydrogen-bond donors (Lipinski definition) is 0. The van der Waals surface area contributed by atoms with Crippen LogP contribution in [0.3, 0.4) is 0 Å². The van der Waals surface area contributed by atoms with Crippen molar-refractivity contribution in [1.82, 2.24) is 9.21 Å². The molecule has 1 saturated heterocycles. The topological polar surface area (TPSA) is 40.6 Å². The molecule has 1 heterocycles. The Labute approximate surface area is 134 Å². The number of aryl methyl sites for hydroxylation is 1. The van der Waals surface area contributed by atoms with Crippen LogP contribution in [0.25, 0.3) is 0 Å². The molecule has 1 saturated carbocycles. The molecular weight excluding hydrogens is 296 g/mol. The van der Waals surface area contributed by atoms with Crippen LogP contribution >= 0.6 is 0 Å². The van der Waals surface area contributed by atoms with Crippen LogP contribution in [-0.2, 0) is 16.4 Å². The van der Waals surface area contributed by atoms with Gasteiger partial charge in [0, 0.05) is 32.2 Å². The largest absolute Gasteiger partial charge is 0.298 e. The molecule has 2 fully saturated rings. The highest BCUT2D eigenvalue weighted by molar-refractivity contribution is 7.89. The highest BCUT2D eigenvalue weighted by Crippen LogP contribution is 2.35. The minimum atomic E-state index is -3.13. The number of piperazine rings is 1. The molecule has 5 heteroatoms. The lowest BCUT2D eigenvalue weighted by Gasteiger charge is -2.37. The molecule has 0 amide bonds. The number of benzene rings is 1. The van der Waals surface area contributed by atoms with Crippen molar-refractivity contribution in [2.45, 2.75) is 32.2 Å². The lowest BCUT2D eigenvalue weighted by Crippen LogP contribution is -2.52. The van der Waals surface area contributed by atoms with Gasteiger partial charge in [-0.2, -0.15) is 4.31 Å². The maximum Gasteiger partial charge on any atom is 0.214 e. The van der Waals surface area contributed by atoms with E-state index in [1.54, 1.807) is 4.31 Å². The maximum atomic E-state index is 12.5. The third-order valence-corrected chi connectivity index (χ3v) is 6.91. The Morgan fingerprint density at radius 3 is 2.32 bits per heavy atom. The van der Waals surface area contributed by atoms with Crippen LogP contribution in [0.5, 0.6) is 0 Å². The van der Waals surface area contributed by atoms with Gasteiger partial charge in [0.2, 0.25) is 10.0 Å². The summed E-state index contributed by atoms with van der Waals surface area (Å²) in [4.78, 5) is 2.46. The van der Waals surface area contributed by atoms with E-state index in [0.717, 1.165) is 24.6 Å². The van der Waals surface area contributed by atoms with Gasteiger partial charge in [-0.15, -0.1) is 0 Å². The molecule has 0 aromatic heterocycles. The number of rotatable bonds is 6. The summed E-state index contributed by atoms with van der Waals surface area (Å²) < 4.78 is 26.7. The Morgan fingerprint density at radius 1 is 1.09 bits per heavy atom. The van der Waals surface area contributed by atoms with Crippen molar-refractivity contribution in [2.24, 2.45) is 5.92 Å². The molecule has 0 bridgehead atoms. The Hall–Kier alpha value is -0.910. The Kier molecular flexibility index (Phi) is 4.85. The van der Waals surface area contributed by atoms with Crippen molar-refractivity contribution in [2.75, 3.05) is 31.9 Å². The van der Waals surface area contributed by atoms with E-state index in [4.69, 9.17) is 0 Å². The Bertz CT molecular complexity index is 576. The summed E-state index contributed by atoms with van der Waals surface area (Å²) in [5, 5.41) is 0. The van der Waals surface area contributed by atoms with Crippen LogP contribution in [0.4, 0.5) is 0 Å². The minimum absolute atomic E-state index is 0.217. The lowest BCUT2D eigenvalue weighted by molar-refractivity contribution is 0.133. The third kappa shape index (κ3) is 3.89. The minimum Gasteiger partial charge on any atom is -0.298 e. The van der Waals surface area contributed by atoms with Gasteiger partial charge >= 0.3 is 0 Å². The van der Waals surface area contributed by atoms with E-state index >= 15 is 0 Å². The van der Waals surface area contributed by atoms with Crippen LogP contribution in [0.2, 0.25) is 0 Å². The van der Waals surface area contributed by atoms with Crippen LogP contribution in [0.1, 0.15) is 25.3 Å². The van der Waals surface area contributed by atoms with Gasteiger partial charge in [-0.3, -0.25) is 4.90 Å². The molecule has 1 aliphatic carbocycles. The molecule has 0 radical (unpaired) electrons. The van der Waals surface area contributed by atoms with E-state index in [0.29, 0.717) is 25.6 Å². The summed E-state index contributed by atoms with van der Waals surface area (Å²) >= 11 is 0. The smallest absolute Gasteiger partial charge is 0.214 e. The van der Waals surface area contributed by atoms with Gasteiger partial charge in [0.1, 0.15) is 0 Å². The quantitative estimate of drug-likeness (QED) is 0.804. The van der Waals surface area contributed by atoms with Crippen LogP contribution in [0, 0.1) is 5.92 Å². The zero-order chi connectivity index (χ0) is 15.6. The van der Waals surface area contributed by atoms with Gasteiger partial charge in [0.15, 0.2) is 0 Å². The second-order valence-corrected chi connectivity index (χ2v) is 8.65. The van der Waals surface area contributed by atoms with Crippen molar-refractivity contribution in [3.8, 4) is 0 Å². The van der Waals surface area contributed by atoms with E-state index in [2.05, 4.69) is 11.8 Å². The Morgan fingerprint density at radius 2 is 1.73 bits per heavy atom. The zero-order valence-corrected chi connectivity index (χ0v) is 14.1. The summed E-state index contributed by atoms with van der Waals surface area (Å²) in [6.07, 6.45) is 3.29. The first-order valence-electron chi connectivity index (χ1n) is 8.32. The molecule has 1 aliphatic heterocycles. The molecule has 122 valence electrons. The molecule has 1 aromatic rings. The summed E-state index contributed by atoms with van der Waals surface area (Å²) in [5.41, 5.74) is 1.09. The van der Waals surface area contributed by atoms with Crippen LogP contribution in [-0.4, -0.2) is 55.6 Å². The van der Waals surface area contributed by atoms with E-state index < -0.39 is 10.0 Å². The first kappa shape index (κ1) is 16.0. The molecular formula is C17H26N2O2S. The number of hydrogen-bond acceptors (Lipinski definition) is 3. The van der Waals surface area contributed by atoms with Crippen molar-refractivity contribution in [1.29, 1.82) is 0 Å². The maximum absolute atomic E-state index is 12.5. The highest BCUT2D eigenvalue weighted by atomic mass is 32.2. The molecule has 0 spiro atoms. The fourth-order valence-electron chi connectivity index (χ4n) is 3.29. The number of nitrogens with zero attached hydrogens (tertiary/aromatic N) is 2.